The van der Waals surface area contributed by atoms with Gasteiger partial charge in [0.1, 0.15) is 0 Å². The van der Waals surface area contributed by atoms with Gasteiger partial charge in [-0.25, -0.2) is 4.39 Å². The molecule has 158 valence electrons. The first-order chi connectivity index (χ1) is 14.9. The molecule has 5 nitrogen and oxygen atoms in total. The summed E-state index contributed by atoms with van der Waals surface area (Å²) in [5, 5.41) is 4.42. The molecule has 0 radical (unpaired) electrons. The van der Waals surface area contributed by atoms with E-state index in [-0.39, 0.29) is 17.0 Å². The van der Waals surface area contributed by atoms with Crippen molar-refractivity contribution in [3.8, 4) is 0 Å². The van der Waals surface area contributed by atoms with Crippen LogP contribution in [0, 0.1) is 12.7 Å². The first-order valence-electron chi connectivity index (χ1n) is 9.30. The molecule has 0 spiro atoms. The molecular formula is C22H17Cl2FN4OS. The highest BCUT2D eigenvalue weighted by atomic mass is 35.5. The van der Waals surface area contributed by atoms with E-state index in [0.717, 1.165) is 17.5 Å². The second kappa shape index (κ2) is 9.18. The number of nitrogens with one attached hydrogen (secondary N) is 3. The molecule has 0 atom stereocenters. The smallest absolute Gasteiger partial charge is 0.254 e. The Morgan fingerprint density at radius 3 is 2.84 bits per heavy atom. The number of aryl methyl sites for hydroxylation is 1. The molecule has 1 amide bonds. The van der Waals surface area contributed by atoms with Crippen molar-refractivity contribution >= 4 is 57.6 Å². The number of benzene rings is 2. The van der Waals surface area contributed by atoms with Crippen LogP contribution in [0.15, 0.2) is 59.8 Å². The third-order valence-electron chi connectivity index (χ3n) is 4.62. The molecule has 0 fully saturated rings. The van der Waals surface area contributed by atoms with Gasteiger partial charge in [0.25, 0.3) is 5.91 Å². The van der Waals surface area contributed by atoms with Crippen LogP contribution in [0.2, 0.25) is 10.0 Å². The molecule has 0 bridgehead atoms. The number of aromatic amines is 1. The minimum absolute atomic E-state index is 0.0383. The lowest BCUT2D eigenvalue weighted by molar-refractivity contribution is 0.0946. The third kappa shape index (κ3) is 4.63. The van der Waals surface area contributed by atoms with Crippen LogP contribution in [-0.2, 0) is 6.54 Å². The number of aromatic nitrogens is 2. The zero-order valence-corrected chi connectivity index (χ0v) is 18.6. The highest BCUT2D eigenvalue weighted by molar-refractivity contribution is 8.00. The molecule has 0 aliphatic carbocycles. The fourth-order valence-electron chi connectivity index (χ4n) is 3.09. The largest absolute Gasteiger partial charge is 0.358 e. The SMILES string of the molecule is Cc1ccnc(CNC(=O)c2cccc(SNc3ccc(Cl)c4c(Cl)c[nH]c34)c2F)c1. The lowest BCUT2D eigenvalue weighted by Gasteiger charge is -2.11. The van der Waals surface area contributed by atoms with Crippen LogP contribution >= 0.6 is 35.1 Å². The Bertz CT molecular complexity index is 1280. The molecule has 9 heteroatoms. The predicted octanol–water partition coefficient (Wildman–Crippen LogP) is 6.37. The summed E-state index contributed by atoms with van der Waals surface area (Å²) in [7, 11) is 0. The summed E-state index contributed by atoms with van der Waals surface area (Å²) in [6, 6.07) is 11.9. The fourth-order valence-corrected chi connectivity index (χ4v) is 4.38. The number of pyridine rings is 1. The van der Waals surface area contributed by atoms with Gasteiger partial charge in [0.15, 0.2) is 5.82 Å². The van der Waals surface area contributed by atoms with Crippen LogP contribution in [0.5, 0.6) is 0 Å². The van der Waals surface area contributed by atoms with Gasteiger partial charge in [-0.15, -0.1) is 0 Å². The molecule has 0 aliphatic heterocycles. The average molecular weight is 475 g/mol. The van der Waals surface area contributed by atoms with E-state index in [1.165, 1.54) is 6.07 Å². The second-order valence-electron chi connectivity index (χ2n) is 6.81. The number of hydrogen-bond acceptors (Lipinski definition) is 4. The van der Waals surface area contributed by atoms with Crippen LogP contribution in [0.1, 0.15) is 21.6 Å². The third-order valence-corrected chi connectivity index (χ3v) is 6.09. The van der Waals surface area contributed by atoms with Gasteiger partial charge in [-0.2, -0.15) is 0 Å². The quantitative estimate of drug-likeness (QED) is 0.284. The summed E-state index contributed by atoms with van der Waals surface area (Å²) >= 11 is 13.4. The lowest BCUT2D eigenvalue weighted by Crippen LogP contribution is -2.24. The van der Waals surface area contributed by atoms with Gasteiger partial charge in [0.2, 0.25) is 0 Å². The first-order valence-corrected chi connectivity index (χ1v) is 10.9. The molecule has 3 N–H and O–H groups in total. The number of carbonyl (C=O) groups excluding carboxylic acids is 1. The minimum Gasteiger partial charge on any atom is -0.358 e. The Hall–Kier alpha value is -2.74. The molecule has 2 heterocycles. The Kier molecular flexibility index (Phi) is 6.36. The number of rotatable bonds is 6. The molecule has 31 heavy (non-hydrogen) atoms. The first kappa shape index (κ1) is 21.5. The van der Waals surface area contributed by atoms with Gasteiger partial charge < -0.3 is 15.0 Å². The average Bonchev–Trinajstić information content (AvgIpc) is 3.15. The molecule has 0 saturated carbocycles. The van der Waals surface area contributed by atoms with Crippen LogP contribution < -0.4 is 10.0 Å². The Morgan fingerprint density at radius 1 is 1.19 bits per heavy atom. The van der Waals surface area contributed by atoms with Gasteiger partial charge in [0.05, 0.1) is 43.9 Å². The molecular weight excluding hydrogens is 458 g/mol. The number of halogens is 3. The monoisotopic (exact) mass is 474 g/mol. The van der Waals surface area contributed by atoms with Crippen molar-refractivity contribution in [2.45, 2.75) is 18.4 Å². The number of anilines is 1. The molecule has 4 aromatic rings. The number of nitrogens with zero attached hydrogens (tertiary/aromatic N) is 1. The van der Waals surface area contributed by atoms with Gasteiger partial charge in [-0.3, -0.25) is 9.78 Å². The van der Waals surface area contributed by atoms with Crippen LogP contribution in [0.25, 0.3) is 10.9 Å². The molecule has 2 aromatic carbocycles. The van der Waals surface area contributed by atoms with Gasteiger partial charge in [-0.1, -0.05) is 29.3 Å². The number of hydrogen-bond donors (Lipinski definition) is 3. The predicted molar refractivity (Wildman–Crippen MR) is 124 cm³/mol. The maximum absolute atomic E-state index is 15.0. The van der Waals surface area contributed by atoms with Crippen molar-refractivity contribution < 1.29 is 9.18 Å². The van der Waals surface area contributed by atoms with Crippen LogP contribution in [0.4, 0.5) is 10.1 Å². The number of H-pyrrole nitrogens is 1. The molecule has 0 saturated heterocycles. The van der Waals surface area contributed by atoms with Gasteiger partial charge in [-0.05, 0) is 60.8 Å². The summed E-state index contributed by atoms with van der Waals surface area (Å²) in [5.41, 5.74) is 3.11. The Morgan fingerprint density at radius 2 is 2.03 bits per heavy atom. The topological polar surface area (TPSA) is 69.8 Å². The maximum atomic E-state index is 15.0. The maximum Gasteiger partial charge on any atom is 0.254 e. The van der Waals surface area contributed by atoms with E-state index in [0.29, 0.717) is 32.3 Å². The number of fused-ring (bicyclic) bond motifs is 1. The molecule has 2 aromatic heterocycles. The standard InChI is InChI=1S/C22H17Cl2FN4OS/c1-12-7-8-26-13(9-12)10-28-22(30)14-3-2-4-18(20(14)25)31-29-17-6-5-15(23)19-16(24)11-27-21(17)19/h2-9,11,27,29H,10H2,1H3,(H,28,30). The van der Waals surface area contributed by atoms with Crippen LogP contribution in [-0.4, -0.2) is 15.9 Å². The van der Waals surface area contributed by atoms with Crippen molar-refractivity contribution in [3.63, 3.8) is 0 Å². The zero-order valence-electron chi connectivity index (χ0n) is 16.3. The van der Waals surface area contributed by atoms with E-state index in [4.69, 9.17) is 23.2 Å². The van der Waals surface area contributed by atoms with E-state index in [2.05, 4.69) is 20.0 Å². The summed E-state index contributed by atoms with van der Waals surface area (Å²) in [4.78, 5) is 20.1. The van der Waals surface area contributed by atoms with E-state index < -0.39 is 11.7 Å². The van der Waals surface area contributed by atoms with Crippen molar-refractivity contribution in [2.75, 3.05) is 4.72 Å². The number of amides is 1. The summed E-state index contributed by atoms with van der Waals surface area (Å²) in [6.07, 6.45) is 3.31. The highest BCUT2D eigenvalue weighted by Crippen LogP contribution is 2.36. The summed E-state index contributed by atoms with van der Waals surface area (Å²) in [6.45, 7) is 2.15. The van der Waals surface area contributed by atoms with E-state index >= 15 is 4.39 Å². The van der Waals surface area contributed by atoms with Crippen molar-refractivity contribution in [1.82, 2.24) is 15.3 Å². The van der Waals surface area contributed by atoms with Crippen molar-refractivity contribution in [1.29, 1.82) is 0 Å². The minimum atomic E-state index is -0.607. The van der Waals surface area contributed by atoms with Gasteiger partial charge in [0, 0.05) is 17.8 Å². The molecule has 0 unspecified atom stereocenters. The molecule has 4 rings (SSSR count). The van der Waals surface area contributed by atoms with E-state index in [1.54, 1.807) is 36.7 Å². The van der Waals surface area contributed by atoms with Crippen molar-refractivity contribution in [3.05, 3.63) is 87.5 Å². The second-order valence-corrected chi connectivity index (χ2v) is 8.47. The zero-order chi connectivity index (χ0) is 22.0. The van der Waals surface area contributed by atoms with Crippen molar-refractivity contribution in [2.24, 2.45) is 0 Å². The Labute approximate surface area is 192 Å². The lowest BCUT2D eigenvalue weighted by atomic mass is 10.2. The summed E-state index contributed by atoms with van der Waals surface area (Å²) < 4.78 is 18.1. The van der Waals surface area contributed by atoms with E-state index in [1.807, 2.05) is 19.1 Å². The summed E-state index contributed by atoms with van der Waals surface area (Å²) in [5.74, 6) is -1.11. The fraction of sp³-hybridized carbons (Fsp3) is 0.0909. The van der Waals surface area contributed by atoms with E-state index in [9.17, 15) is 4.79 Å². The van der Waals surface area contributed by atoms with Crippen LogP contribution in [0.3, 0.4) is 0 Å². The Balaban J connectivity index is 1.49. The number of carbonyl (C=O) groups is 1. The van der Waals surface area contributed by atoms with Gasteiger partial charge >= 0.3 is 0 Å². The highest BCUT2D eigenvalue weighted by Gasteiger charge is 2.16. The molecule has 0 aliphatic rings. The normalized spacial score (nSPS) is 11.0.